The first-order valence-electron chi connectivity index (χ1n) is 6.97. The number of ether oxygens (including phenoxy) is 1. The van der Waals surface area contributed by atoms with Gasteiger partial charge in [-0.3, -0.25) is 0 Å². The van der Waals surface area contributed by atoms with Gasteiger partial charge in [0.25, 0.3) is 0 Å². The largest absolute Gasteiger partial charge is 0.372 e. The third kappa shape index (κ3) is 4.77. The fourth-order valence-corrected chi connectivity index (χ4v) is 3.39. The summed E-state index contributed by atoms with van der Waals surface area (Å²) in [6, 6.07) is 8.18. The van der Waals surface area contributed by atoms with E-state index in [0.29, 0.717) is 12.0 Å². The van der Waals surface area contributed by atoms with Gasteiger partial charge in [-0.1, -0.05) is 39.7 Å². The molecule has 1 fully saturated rings. The van der Waals surface area contributed by atoms with Crippen molar-refractivity contribution in [2.24, 2.45) is 5.92 Å². The number of halogens is 2. The molecular formula is C16H22BrClO. The first-order chi connectivity index (χ1) is 8.98. The maximum absolute atomic E-state index is 6.10. The molecule has 0 aliphatic carbocycles. The normalized spacial score (nSPS) is 23.5. The van der Waals surface area contributed by atoms with Gasteiger partial charge in [-0.05, 0) is 63.1 Å². The van der Waals surface area contributed by atoms with Crippen LogP contribution in [0.4, 0.5) is 0 Å². The summed E-state index contributed by atoms with van der Waals surface area (Å²) in [7, 11) is 0. The zero-order valence-corrected chi connectivity index (χ0v) is 14.0. The van der Waals surface area contributed by atoms with Gasteiger partial charge < -0.3 is 4.74 Å². The molecule has 1 heterocycles. The quantitative estimate of drug-likeness (QED) is 0.663. The van der Waals surface area contributed by atoms with E-state index in [1.807, 2.05) is 12.1 Å². The van der Waals surface area contributed by atoms with Crippen LogP contribution in [0.2, 0.25) is 5.02 Å². The Morgan fingerprint density at radius 3 is 2.58 bits per heavy atom. The molecule has 1 aliphatic rings. The molecule has 2 rings (SSSR count). The summed E-state index contributed by atoms with van der Waals surface area (Å²) in [4.78, 5) is 0. The van der Waals surface area contributed by atoms with E-state index in [0.717, 1.165) is 23.2 Å². The van der Waals surface area contributed by atoms with Gasteiger partial charge in [-0.15, -0.1) is 0 Å². The highest BCUT2D eigenvalue weighted by Crippen LogP contribution is 2.33. The van der Waals surface area contributed by atoms with E-state index in [1.165, 1.54) is 18.4 Å². The summed E-state index contributed by atoms with van der Waals surface area (Å²) in [5.41, 5.74) is 1.42. The van der Waals surface area contributed by atoms with Gasteiger partial charge in [0.1, 0.15) is 0 Å². The molecule has 1 saturated heterocycles. The lowest BCUT2D eigenvalue weighted by molar-refractivity contribution is -0.0233. The van der Waals surface area contributed by atoms with Crippen LogP contribution < -0.4 is 0 Å². The summed E-state index contributed by atoms with van der Waals surface area (Å²) < 4.78 is 6.10. The lowest BCUT2D eigenvalue weighted by atomic mass is 9.94. The third-order valence-corrected chi connectivity index (χ3v) is 4.97. The highest BCUT2D eigenvalue weighted by Gasteiger charge is 2.32. The average Bonchev–Trinajstić information content (AvgIpc) is 2.70. The molecule has 0 amide bonds. The monoisotopic (exact) mass is 344 g/mol. The predicted octanol–water partition coefficient (Wildman–Crippen LogP) is 5.24. The van der Waals surface area contributed by atoms with E-state index in [4.69, 9.17) is 16.3 Å². The molecule has 19 heavy (non-hydrogen) atoms. The van der Waals surface area contributed by atoms with Crippen LogP contribution in [0.1, 0.15) is 38.7 Å². The van der Waals surface area contributed by atoms with Crippen molar-refractivity contribution in [3.63, 3.8) is 0 Å². The Balaban J connectivity index is 1.88. The molecular weight excluding hydrogens is 324 g/mol. The molecule has 2 unspecified atom stereocenters. The standard InChI is InChI=1S/C16H22BrClO/c1-16(2)8-7-15(19-16)10-13(11-17)9-12-3-5-14(18)6-4-12/h3-6,13,15H,7-11H2,1-2H3. The van der Waals surface area contributed by atoms with E-state index >= 15 is 0 Å². The first kappa shape index (κ1) is 15.3. The SMILES string of the molecule is CC1(C)CCC(CC(CBr)Cc2ccc(Cl)cc2)O1. The molecule has 1 aromatic rings. The fourth-order valence-electron chi connectivity index (χ4n) is 2.77. The van der Waals surface area contributed by atoms with Crippen LogP contribution in [-0.4, -0.2) is 17.0 Å². The summed E-state index contributed by atoms with van der Waals surface area (Å²) >= 11 is 9.56. The second-order valence-corrected chi connectivity index (χ2v) is 7.21. The van der Waals surface area contributed by atoms with Crippen LogP contribution >= 0.6 is 27.5 Å². The average molecular weight is 346 g/mol. The van der Waals surface area contributed by atoms with Crippen molar-refractivity contribution in [3.8, 4) is 0 Å². The van der Waals surface area contributed by atoms with Crippen molar-refractivity contribution in [1.82, 2.24) is 0 Å². The van der Waals surface area contributed by atoms with Gasteiger partial charge in [0.15, 0.2) is 0 Å². The Bertz CT molecular complexity index is 402. The van der Waals surface area contributed by atoms with Gasteiger partial charge in [-0.2, -0.15) is 0 Å². The van der Waals surface area contributed by atoms with Crippen molar-refractivity contribution >= 4 is 27.5 Å². The van der Waals surface area contributed by atoms with Crippen molar-refractivity contribution in [1.29, 1.82) is 0 Å². The van der Waals surface area contributed by atoms with E-state index in [1.54, 1.807) is 0 Å². The Morgan fingerprint density at radius 1 is 1.37 bits per heavy atom. The fraction of sp³-hybridized carbons (Fsp3) is 0.625. The van der Waals surface area contributed by atoms with Crippen LogP contribution in [0, 0.1) is 5.92 Å². The minimum atomic E-state index is 0.0712. The Morgan fingerprint density at radius 2 is 2.05 bits per heavy atom. The molecule has 2 atom stereocenters. The molecule has 0 bridgehead atoms. The summed E-state index contributed by atoms with van der Waals surface area (Å²) in [5, 5.41) is 1.83. The lowest BCUT2D eigenvalue weighted by Gasteiger charge is -2.22. The summed E-state index contributed by atoms with van der Waals surface area (Å²) in [5.74, 6) is 0.625. The molecule has 0 aromatic heterocycles. The number of benzene rings is 1. The summed E-state index contributed by atoms with van der Waals surface area (Å²) in [6.45, 7) is 4.38. The molecule has 0 saturated carbocycles. The highest BCUT2D eigenvalue weighted by atomic mass is 79.9. The number of alkyl halides is 1. The number of hydrogen-bond donors (Lipinski definition) is 0. The van der Waals surface area contributed by atoms with Crippen LogP contribution in [-0.2, 0) is 11.2 Å². The van der Waals surface area contributed by atoms with E-state index in [-0.39, 0.29) is 5.60 Å². The molecule has 106 valence electrons. The molecule has 1 aliphatic heterocycles. The van der Waals surface area contributed by atoms with E-state index < -0.39 is 0 Å². The van der Waals surface area contributed by atoms with Crippen molar-refractivity contribution in [2.45, 2.75) is 51.2 Å². The Labute approximate surface area is 129 Å². The van der Waals surface area contributed by atoms with Crippen LogP contribution in [0.3, 0.4) is 0 Å². The first-order valence-corrected chi connectivity index (χ1v) is 8.47. The van der Waals surface area contributed by atoms with E-state index in [9.17, 15) is 0 Å². The smallest absolute Gasteiger partial charge is 0.0631 e. The minimum Gasteiger partial charge on any atom is -0.372 e. The van der Waals surface area contributed by atoms with Gasteiger partial charge in [0.2, 0.25) is 0 Å². The van der Waals surface area contributed by atoms with Crippen LogP contribution in [0.5, 0.6) is 0 Å². The second kappa shape index (κ2) is 6.60. The van der Waals surface area contributed by atoms with Crippen molar-refractivity contribution in [2.75, 3.05) is 5.33 Å². The summed E-state index contributed by atoms with van der Waals surface area (Å²) in [6.07, 6.45) is 5.01. The maximum atomic E-state index is 6.10. The maximum Gasteiger partial charge on any atom is 0.0631 e. The molecule has 1 aromatic carbocycles. The van der Waals surface area contributed by atoms with Gasteiger partial charge in [0, 0.05) is 10.4 Å². The molecule has 1 nitrogen and oxygen atoms in total. The molecule has 3 heteroatoms. The van der Waals surface area contributed by atoms with Crippen molar-refractivity contribution < 1.29 is 4.74 Å². The highest BCUT2D eigenvalue weighted by molar-refractivity contribution is 9.09. The van der Waals surface area contributed by atoms with Gasteiger partial charge in [0.05, 0.1) is 11.7 Å². The third-order valence-electron chi connectivity index (χ3n) is 3.81. The molecule has 0 N–H and O–H groups in total. The van der Waals surface area contributed by atoms with E-state index in [2.05, 4.69) is 41.9 Å². The van der Waals surface area contributed by atoms with Crippen LogP contribution in [0.15, 0.2) is 24.3 Å². The van der Waals surface area contributed by atoms with Gasteiger partial charge >= 0.3 is 0 Å². The zero-order valence-electron chi connectivity index (χ0n) is 11.7. The topological polar surface area (TPSA) is 9.23 Å². The Kier molecular flexibility index (Phi) is 5.33. The minimum absolute atomic E-state index is 0.0712. The Hall–Kier alpha value is -0.0500. The van der Waals surface area contributed by atoms with Crippen molar-refractivity contribution in [3.05, 3.63) is 34.9 Å². The lowest BCUT2D eigenvalue weighted by Crippen LogP contribution is -2.22. The number of rotatable bonds is 5. The predicted molar refractivity (Wildman–Crippen MR) is 85.2 cm³/mol. The second-order valence-electron chi connectivity index (χ2n) is 6.12. The van der Waals surface area contributed by atoms with Gasteiger partial charge in [-0.25, -0.2) is 0 Å². The molecule has 0 spiro atoms. The molecule has 0 radical (unpaired) electrons. The number of hydrogen-bond acceptors (Lipinski definition) is 1. The zero-order chi connectivity index (χ0) is 13.9. The van der Waals surface area contributed by atoms with Crippen LogP contribution in [0.25, 0.3) is 0 Å².